The molecule has 0 aliphatic carbocycles. The Kier molecular flexibility index (Phi) is 7.52. The Labute approximate surface area is 168 Å². The zero-order valence-electron chi connectivity index (χ0n) is 16.1. The molecule has 0 bridgehead atoms. The van der Waals surface area contributed by atoms with E-state index in [1.165, 1.54) is 26.4 Å². The van der Waals surface area contributed by atoms with Crippen LogP contribution in [0, 0.1) is 0 Å². The number of esters is 1. The maximum atomic E-state index is 12.3. The molecule has 0 atom stereocenters. The Balaban J connectivity index is 2.02. The van der Waals surface area contributed by atoms with E-state index in [2.05, 4.69) is 5.32 Å². The first-order valence-corrected chi connectivity index (χ1v) is 8.87. The number of hydrogen-bond acceptors (Lipinski definition) is 6. The number of ether oxygens (including phenoxy) is 4. The van der Waals surface area contributed by atoms with Gasteiger partial charge in [-0.15, -0.1) is 0 Å². The van der Waals surface area contributed by atoms with Crippen LogP contribution in [-0.2, 0) is 9.53 Å². The van der Waals surface area contributed by atoms with Crippen LogP contribution in [0.2, 0.25) is 5.02 Å². The molecule has 0 spiro atoms. The molecular weight excluding hydrogens is 386 g/mol. The highest BCUT2D eigenvalue weighted by molar-refractivity contribution is 6.32. The minimum Gasteiger partial charge on any atom is -0.497 e. The number of halogens is 1. The number of carbonyl (C=O) groups is 2. The molecule has 2 rings (SSSR count). The smallest absolute Gasteiger partial charge is 0.338 e. The molecule has 0 aliphatic rings. The third-order valence-electron chi connectivity index (χ3n) is 3.51. The third-order valence-corrected chi connectivity index (χ3v) is 3.79. The van der Waals surface area contributed by atoms with Crippen LogP contribution < -0.4 is 19.5 Å². The molecule has 7 nitrogen and oxygen atoms in total. The van der Waals surface area contributed by atoms with Crippen molar-refractivity contribution in [2.24, 2.45) is 0 Å². The number of hydrogen-bond donors (Lipinski definition) is 1. The van der Waals surface area contributed by atoms with E-state index in [9.17, 15) is 9.59 Å². The number of rotatable bonds is 8. The minimum absolute atomic E-state index is 0.121. The maximum absolute atomic E-state index is 12.3. The van der Waals surface area contributed by atoms with Gasteiger partial charge in [0.2, 0.25) is 0 Å². The summed E-state index contributed by atoms with van der Waals surface area (Å²) in [5.41, 5.74) is 0.674. The maximum Gasteiger partial charge on any atom is 0.338 e. The Hall–Kier alpha value is -2.93. The molecule has 150 valence electrons. The van der Waals surface area contributed by atoms with Gasteiger partial charge in [0.15, 0.2) is 18.1 Å². The van der Waals surface area contributed by atoms with E-state index >= 15 is 0 Å². The van der Waals surface area contributed by atoms with Gasteiger partial charge in [-0.2, -0.15) is 0 Å². The van der Waals surface area contributed by atoms with Crippen LogP contribution in [0.15, 0.2) is 36.4 Å². The predicted molar refractivity (Wildman–Crippen MR) is 106 cm³/mol. The van der Waals surface area contributed by atoms with Gasteiger partial charge in [-0.1, -0.05) is 17.7 Å². The van der Waals surface area contributed by atoms with E-state index in [1.54, 1.807) is 24.3 Å². The Bertz CT molecular complexity index is 853. The van der Waals surface area contributed by atoms with Crippen molar-refractivity contribution in [2.75, 3.05) is 26.1 Å². The highest BCUT2D eigenvalue weighted by atomic mass is 35.5. The number of amides is 1. The molecule has 2 aromatic carbocycles. The number of methoxy groups -OCH3 is 2. The average Bonchev–Trinajstić information content (AvgIpc) is 2.67. The quantitative estimate of drug-likeness (QED) is 0.667. The molecular formula is C20H22ClNO6. The van der Waals surface area contributed by atoms with Crippen LogP contribution in [0.3, 0.4) is 0 Å². The SMILES string of the molecule is COc1cccc(NC(=O)COC(=O)c2cc(Cl)c(OC(C)C)c(OC)c2)c1. The Morgan fingerprint density at radius 1 is 1.11 bits per heavy atom. The molecule has 2 aromatic rings. The van der Waals surface area contributed by atoms with E-state index in [0.29, 0.717) is 22.9 Å². The largest absolute Gasteiger partial charge is 0.497 e. The number of nitrogens with one attached hydrogen (secondary N) is 1. The van der Waals surface area contributed by atoms with Crippen LogP contribution >= 0.6 is 11.6 Å². The first-order valence-electron chi connectivity index (χ1n) is 8.49. The number of anilines is 1. The van der Waals surface area contributed by atoms with Gasteiger partial charge in [-0.25, -0.2) is 4.79 Å². The van der Waals surface area contributed by atoms with Crippen molar-refractivity contribution in [1.82, 2.24) is 0 Å². The second-order valence-electron chi connectivity index (χ2n) is 6.01. The lowest BCUT2D eigenvalue weighted by Gasteiger charge is -2.16. The third kappa shape index (κ3) is 5.79. The van der Waals surface area contributed by atoms with Gasteiger partial charge in [-0.05, 0) is 38.1 Å². The molecule has 28 heavy (non-hydrogen) atoms. The van der Waals surface area contributed by atoms with Gasteiger partial charge in [0.05, 0.1) is 30.9 Å². The predicted octanol–water partition coefficient (Wildman–Crippen LogP) is 3.94. The van der Waals surface area contributed by atoms with Gasteiger partial charge in [-0.3, -0.25) is 4.79 Å². The van der Waals surface area contributed by atoms with Crippen LogP contribution in [-0.4, -0.2) is 38.8 Å². The minimum atomic E-state index is -0.711. The van der Waals surface area contributed by atoms with E-state index < -0.39 is 18.5 Å². The second kappa shape index (κ2) is 9.85. The lowest BCUT2D eigenvalue weighted by Crippen LogP contribution is -2.21. The first kappa shape index (κ1) is 21.4. The van der Waals surface area contributed by atoms with Crippen molar-refractivity contribution < 1.29 is 28.5 Å². The highest BCUT2D eigenvalue weighted by Crippen LogP contribution is 2.37. The lowest BCUT2D eigenvalue weighted by atomic mass is 10.2. The zero-order chi connectivity index (χ0) is 20.7. The molecule has 0 fully saturated rings. The number of benzene rings is 2. The summed E-state index contributed by atoms with van der Waals surface area (Å²) in [5, 5.41) is 2.83. The topological polar surface area (TPSA) is 83.1 Å². The summed E-state index contributed by atoms with van der Waals surface area (Å²) in [6.45, 7) is 3.23. The summed E-state index contributed by atoms with van der Waals surface area (Å²) in [6, 6.07) is 9.68. The standard InChI is InChI=1S/C20H22ClNO6/c1-12(2)28-19-16(21)8-13(9-17(19)26-4)20(24)27-11-18(23)22-14-6-5-7-15(10-14)25-3/h5-10,12H,11H2,1-4H3,(H,22,23). The fraction of sp³-hybridized carbons (Fsp3) is 0.300. The summed E-state index contributed by atoms with van der Waals surface area (Å²) >= 11 is 6.20. The summed E-state index contributed by atoms with van der Waals surface area (Å²) in [7, 11) is 2.97. The molecule has 0 saturated carbocycles. The van der Waals surface area contributed by atoms with E-state index in [0.717, 1.165) is 0 Å². The molecule has 0 saturated heterocycles. The summed E-state index contributed by atoms with van der Waals surface area (Å²) in [4.78, 5) is 24.3. The second-order valence-corrected chi connectivity index (χ2v) is 6.42. The first-order chi connectivity index (χ1) is 13.3. The molecule has 0 aromatic heterocycles. The van der Waals surface area contributed by atoms with E-state index in [1.807, 2.05) is 13.8 Å². The summed E-state index contributed by atoms with van der Waals surface area (Å²) in [5.74, 6) is 0.0391. The van der Waals surface area contributed by atoms with Crippen LogP contribution in [0.25, 0.3) is 0 Å². The Morgan fingerprint density at radius 3 is 2.50 bits per heavy atom. The fourth-order valence-electron chi connectivity index (χ4n) is 2.30. The van der Waals surface area contributed by atoms with Gasteiger partial charge in [0.25, 0.3) is 5.91 Å². The molecule has 0 heterocycles. The van der Waals surface area contributed by atoms with Crippen molar-refractivity contribution >= 4 is 29.2 Å². The lowest BCUT2D eigenvalue weighted by molar-refractivity contribution is -0.119. The van der Waals surface area contributed by atoms with Crippen molar-refractivity contribution in [3.05, 3.63) is 47.0 Å². The molecule has 1 amide bonds. The van der Waals surface area contributed by atoms with Gasteiger partial charge < -0.3 is 24.3 Å². The molecule has 0 unspecified atom stereocenters. The normalized spacial score (nSPS) is 10.4. The van der Waals surface area contributed by atoms with Crippen molar-refractivity contribution in [1.29, 1.82) is 0 Å². The van der Waals surface area contributed by atoms with E-state index in [-0.39, 0.29) is 16.7 Å². The van der Waals surface area contributed by atoms with Gasteiger partial charge in [0, 0.05) is 11.8 Å². The zero-order valence-corrected chi connectivity index (χ0v) is 16.8. The molecule has 0 aliphatic heterocycles. The van der Waals surface area contributed by atoms with Crippen LogP contribution in [0.4, 0.5) is 5.69 Å². The average molecular weight is 408 g/mol. The Morgan fingerprint density at radius 2 is 1.86 bits per heavy atom. The van der Waals surface area contributed by atoms with Gasteiger partial charge in [0.1, 0.15) is 5.75 Å². The van der Waals surface area contributed by atoms with Crippen LogP contribution in [0.5, 0.6) is 17.2 Å². The summed E-state index contributed by atoms with van der Waals surface area (Å²) < 4.78 is 21.0. The molecule has 1 N–H and O–H groups in total. The fourth-order valence-corrected chi connectivity index (χ4v) is 2.56. The summed E-state index contributed by atoms with van der Waals surface area (Å²) in [6.07, 6.45) is -0.121. The van der Waals surface area contributed by atoms with Crippen LogP contribution in [0.1, 0.15) is 24.2 Å². The molecule has 0 radical (unpaired) electrons. The number of carbonyl (C=O) groups excluding carboxylic acids is 2. The highest BCUT2D eigenvalue weighted by Gasteiger charge is 2.18. The monoisotopic (exact) mass is 407 g/mol. The van der Waals surface area contributed by atoms with E-state index in [4.69, 9.17) is 30.5 Å². The van der Waals surface area contributed by atoms with Crippen molar-refractivity contribution in [2.45, 2.75) is 20.0 Å². The van der Waals surface area contributed by atoms with Crippen molar-refractivity contribution in [3.63, 3.8) is 0 Å². The van der Waals surface area contributed by atoms with Crippen molar-refractivity contribution in [3.8, 4) is 17.2 Å². The van der Waals surface area contributed by atoms with Gasteiger partial charge >= 0.3 is 5.97 Å². The molecule has 8 heteroatoms.